The van der Waals surface area contributed by atoms with Crippen LogP contribution in [0.1, 0.15) is 52.1 Å². The predicted octanol–water partition coefficient (Wildman–Crippen LogP) is 3.16. The third kappa shape index (κ3) is 6.40. The second kappa shape index (κ2) is 9.89. The lowest BCUT2D eigenvalue weighted by Crippen LogP contribution is -2.47. The van der Waals surface area contributed by atoms with Crippen LogP contribution < -0.4 is 4.90 Å². The number of aryl methyl sites for hydroxylation is 2. The Morgan fingerprint density at radius 3 is 2.48 bits per heavy atom. The molecule has 160 valence electrons. The highest BCUT2D eigenvalue weighted by Crippen LogP contribution is 2.23. The van der Waals surface area contributed by atoms with Crippen LogP contribution in [0.15, 0.2) is 17.6 Å². The number of aromatic nitrogens is 5. The minimum Gasteiger partial charge on any atom is -0.354 e. The van der Waals surface area contributed by atoms with E-state index >= 15 is 0 Å². The van der Waals surface area contributed by atoms with Crippen molar-refractivity contribution in [3.63, 3.8) is 0 Å². The third-order valence-electron chi connectivity index (χ3n) is 5.07. The molecule has 3 rings (SSSR count). The highest BCUT2D eigenvalue weighted by Gasteiger charge is 2.23. The van der Waals surface area contributed by atoms with Crippen molar-refractivity contribution < 1.29 is 0 Å². The van der Waals surface area contributed by atoms with Gasteiger partial charge in [0.15, 0.2) is 0 Å². The fraction of sp³-hybridized carbons (Fsp3) is 0.714. The predicted molar refractivity (Wildman–Crippen MR) is 120 cm³/mol. The molecule has 0 radical (unpaired) electrons. The fourth-order valence-electron chi connectivity index (χ4n) is 3.40. The van der Waals surface area contributed by atoms with Crippen molar-refractivity contribution in [2.45, 2.75) is 57.5 Å². The van der Waals surface area contributed by atoms with Gasteiger partial charge in [0.2, 0.25) is 5.16 Å². The Morgan fingerprint density at radius 1 is 1.10 bits per heavy atom. The zero-order chi connectivity index (χ0) is 20.9. The SMILES string of the molecule is CCCc1cc(N2CCN(CCCSc3ncn(C)n3)CC2)nc(C(C)(C)C)n1. The van der Waals surface area contributed by atoms with Crippen molar-refractivity contribution in [2.24, 2.45) is 7.05 Å². The third-order valence-corrected chi connectivity index (χ3v) is 6.01. The summed E-state index contributed by atoms with van der Waals surface area (Å²) in [5, 5.41) is 5.19. The van der Waals surface area contributed by atoms with Crippen molar-refractivity contribution in [1.82, 2.24) is 29.6 Å². The molecule has 7 nitrogen and oxygen atoms in total. The van der Waals surface area contributed by atoms with Gasteiger partial charge in [-0.3, -0.25) is 9.58 Å². The van der Waals surface area contributed by atoms with Crippen LogP contribution in [0, 0.1) is 0 Å². The molecule has 2 aromatic rings. The maximum atomic E-state index is 4.92. The summed E-state index contributed by atoms with van der Waals surface area (Å²) in [7, 11) is 1.91. The van der Waals surface area contributed by atoms with Gasteiger partial charge in [-0.2, -0.15) is 0 Å². The summed E-state index contributed by atoms with van der Waals surface area (Å²) < 4.78 is 1.76. The van der Waals surface area contributed by atoms with Gasteiger partial charge in [-0.1, -0.05) is 45.9 Å². The Bertz CT molecular complexity index is 776. The molecule has 8 heteroatoms. The summed E-state index contributed by atoms with van der Waals surface area (Å²) in [6.45, 7) is 14.2. The molecular formula is C21H35N7S. The molecule has 0 atom stereocenters. The number of thioether (sulfide) groups is 1. The first kappa shape index (κ1) is 22.0. The van der Waals surface area contributed by atoms with Gasteiger partial charge in [0.1, 0.15) is 18.0 Å². The molecule has 0 bridgehead atoms. The Balaban J connectivity index is 1.50. The first-order chi connectivity index (χ1) is 13.8. The van der Waals surface area contributed by atoms with Gasteiger partial charge < -0.3 is 4.90 Å². The zero-order valence-electron chi connectivity index (χ0n) is 18.6. The van der Waals surface area contributed by atoms with Crippen LogP contribution in [0.25, 0.3) is 0 Å². The summed E-state index contributed by atoms with van der Waals surface area (Å²) in [4.78, 5) is 19.0. The topological polar surface area (TPSA) is 63.0 Å². The van der Waals surface area contributed by atoms with Crippen molar-refractivity contribution in [3.8, 4) is 0 Å². The van der Waals surface area contributed by atoms with E-state index in [1.54, 1.807) is 22.8 Å². The standard InChI is InChI=1S/C21H35N7S/c1-6-8-17-15-18(24-19(23-17)21(2,3)4)28-12-10-27(11-13-28)9-7-14-29-20-22-16-26(5)25-20/h15-16H,6-14H2,1-5H3. The van der Waals surface area contributed by atoms with Gasteiger partial charge >= 0.3 is 0 Å². The number of anilines is 1. The second-order valence-corrected chi connectivity index (χ2v) is 9.83. The highest BCUT2D eigenvalue weighted by molar-refractivity contribution is 7.99. The van der Waals surface area contributed by atoms with Gasteiger partial charge in [-0.25, -0.2) is 15.0 Å². The molecule has 1 aliphatic rings. The minimum atomic E-state index is -0.0273. The molecule has 3 heterocycles. The molecule has 0 spiro atoms. The molecule has 0 aliphatic carbocycles. The normalized spacial score (nSPS) is 15.8. The molecule has 1 aliphatic heterocycles. The van der Waals surface area contributed by atoms with Crippen LogP contribution in [0.5, 0.6) is 0 Å². The average Bonchev–Trinajstić information content (AvgIpc) is 3.10. The van der Waals surface area contributed by atoms with E-state index in [2.05, 4.69) is 53.6 Å². The lowest BCUT2D eigenvalue weighted by molar-refractivity contribution is 0.258. The number of piperazine rings is 1. The van der Waals surface area contributed by atoms with Crippen LogP contribution in [-0.4, -0.2) is 68.1 Å². The van der Waals surface area contributed by atoms with Crippen molar-refractivity contribution in [2.75, 3.05) is 43.4 Å². The molecule has 2 aromatic heterocycles. The number of rotatable bonds is 8. The van der Waals surface area contributed by atoms with Crippen LogP contribution in [0.2, 0.25) is 0 Å². The van der Waals surface area contributed by atoms with Crippen molar-refractivity contribution in [1.29, 1.82) is 0 Å². The first-order valence-electron chi connectivity index (χ1n) is 10.7. The largest absolute Gasteiger partial charge is 0.354 e. The van der Waals surface area contributed by atoms with E-state index in [0.717, 1.165) is 74.5 Å². The summed E-state index contributed by atoms with van der Waals surface area (Å²) in [5.41, 5.74) is 1.14. The zero-order valence-corrected chi connectivity index (χ0v) is 19.4. The van der Waals surface area contributed by atoms with Crippen LogP contribution in [0.4, 0.5) is 5.82 Å². The second-order valence-electron chi connectivity index (χ2n) is 8.77. The van der Waals surface area contributed by atoms with Crippen LogP contribution in [0.3, 0.4) is 0 Å². The minimum absolute atomic E-state index is 0.0273. The molecule has 1 fully saturated rings. The number of hydrogen-bond acceptors (Lipinski definition) is 7. The number of hydrogen-bond donors (Lipinski definition) is 0. The van der Waals surface area contributed by atoms with E-state index in [4.69, 9.17) is 9.97 Å². The maximum Gasteiger partial charge on any atom is 0.208 e. The van der Waals surface area contributed by atoms with E-state index in [-0.39, 0.29) is 5.41 Å². The van der Waals surface area contributed by atoms with Crippen molar-refractivity contribution >= 4 is 17.6 Å². The Hall–Kier alpha value is -1.67. The van der Waals surface area contributed by atoms with E-state index < -0.39 is 0 Å². The van der Waals surface area contributed by atoms with Gasteiger partial charge in [-0.15, -0.1) is 5.10 Å². The summed E-state index contributed by atoms with van der Waals surface area (Å²) in [6.07, 6.45) is 5.04. The summed E-state index contributed by atoms with van der Waals surface area (Å²) >= 11 is 1.74. The molecule has 0 amide bonds. The van der Waals surface area contributed by atoms with Crippen LogP contribution in [-0.2, 0) is 18.9 Å². The Morgan fingerprint density at radius 2 is 1.86 bits per heavy atom. The Kier molecular flexibility index (Phi) is 7.51. The molecule has 29 heavy (non-hydrogen) atoms. The smallest absolute Gasteiger partial charge is 0.208 e. The lowest BCUT2D eigenvalue weighted by Gasteiger charge is -2.36. The highest BCUT2D eigenvalue weighted by atomic mass is 32.2. The molecule has 0 unspecified atom stereocenters. The van der Waals surface area contributed by atoms with Gasteiger partial charge in [0, 0.05) is 56.2 Å². The molecule has 0 aromatic carbocycles. The molecular weight excluding hydrogens is 382 g/mol. The molecule has 0 saturated carbocycles. The van der Waals surface area contributed by atoms with E-state index in [1.165, 1.54) is 5.69 Å². The van der Waals surface area contributed by atoms with Crippen molar-refractivity contribution in [3.05, 3.63) is 23.9 Å². The summed E-state index contributed by atoms with van der Waals surface area (Å²) in [6, 6.07) is 2.20. The van der Waals surface area contributed by atoms with Crippen LogP contribution >= 0.6 is 11.8 Å². The monoisotopic (exact) mass is 417 g/mol. The lowest BCUT2D eigenvalue weighted by atomic mass is 9.95. The van der Waals surface area contributed by atoms with Gasteiger partial charge in [-0.05, 0) is 19.4 Å². The Labute approximate surface area is 179 Å². The average molecular weight is 418 g/mol. The maximum absolute atomic E-state index is 4.92. The fourth-order valence-corrected chi connectivity index (χ4v) is 4.17. The van der Waals surface area contributed by atoms with E-state index in [0.29, 0.717) is 0 Å². The molecule has 1 saturated heterocycles. The van der Waals surface area contributed by atoms with E-state index in [1.807, 2.05) is 7.05 Å². The van der Waals surface area contributed by atoms with E-state index in [9.17, 15) is 0 Å². The number of nitrogens with zero attached hydrogens (tertiary/aromatic N) is 7. The quantitative estimate of drug-likeness (QED) is 0.483. The van der Waals surface area contributed by atoms with Gasteiger partial charge in [0.05, 0.1) is 0 Å². The van der Waals surface area contributed by atoms with Gasteiger partial charge in [0.25, 0.3) is 0 Å². The first-order valence-corrected chi connectivity index (χ1v) is 11.7. The summed E-state index contributed by atoms with van der Waals surface area (Å²) in [5.74, 6) is 3.12. The molecule has 0 N–H and O–H groups in total.